The first-order chi connectivity index (χ1) is 16.1. The molecule has 0 bridgehead atoms. The van der Waals surface area contributed by atoms with Gasteiger partial charge in [0, 0.05) is 45.7 Å². The van der Waals surface area contributed by atoms with Gasteiger partial charge in [0.2, 0.25) is 11.8 Å². The third-order valence-corrected chi connectivity index (χ3v) is 6.25. The Balaban J connectivity index is 1.40. The second-order valence-electron chi connectivity index (χ2n) is 8.90. The number of likely N-dealkylation sites (tertiary alicyclic amines) is 1. The zero-order valence-corrected chi connectivity index (χ0v) is 19.0. The quantitative estimate of drug-likeness (QED) is 0.586. The molecule has 2 aliphatic rings. The first-order valence-electron chi connectivity index (χ1n) is 11.7. The van der Waals surface area contributed by atoms with E-state index in [-0.39, 0.29) is 30.3 Å². The summed E-state index contributed by atoms with van der Waals surface area (Å²) in [6, 6.07) is 16.5. The minimum absolute atomic E-state index is 0.0463. The van der Waals surface area contributed by atoms with Crippen molar-refractivity contribution in [3.8, 4) is 0 Å². The summed E-state index contributed by atoms with van der Waals surface area (Å²) in [6.45, 7) is 4.44. The fraction of sp³-hybridized carbons (Fsp3) is 0.462. The molecule has 0 radical (unpaired) electrons. The maximum atomic E-state index is 13.7. The highest BCUT2D eigenvalue weighted by Gasteiger charge is 2.29. The first-order valence-corrected chi connectivity index (χ1v) is 11.7. The standard InChI is InChI=1S/C26H32FN3O3/c27-23-10-4-9-22(15-23)16-28-17-24(33-20-21-7-2-1-3-8-21)18-30(26(32)19-28)14-6-13-29-12-5-11-25(29)31/h1-4,7-10,15,24H,5-6,11-14,16-20H2/t24-/m1/s1. The van der Waals surface area contributed by atoms with Gasteiger partial charge in [0.15, 0.2) is 0 Å². The summed E-state index contributed by atoms with van der Waals surface area (Å²) in [5.74, 6) is -0.0175. The van der Waals surface area contributed by atoms with Crippen molar-refractivity contribution in [2.45, 2.75) is 38.5 Å². The van der Waals surface area contributed by atoms with E-state index in [0.717, 1.165) is 30.5 Å². The van der Waals surface area contributed by atoms with Crippen molar-refractivity contribution in [2.75, 3.05) is 39.3 Å². The highest BCUT2D eigenvalue weighted by atomic mass is 19.1. The Kier molecular flexibility index (Phi) is 8.07. The lowest BCUT2D eigenvalue weighted by atomic mass is 10.2. The number of carbonyl (C=O) groups excluding carboxylic acids is 2. The lowest BCUT2D eigenvalue weighted by molar-refractivity contribution is -0.132. The van der Waals surface area contributed by atoms with Crippen LogP contribution >= 0.6 is 0 Å². The van der Waals surface area contributed by atoms with Crippen LogP contribution in [0.3, 0.4) is 0 Å². The molecule has 0 aliphatic carbocycles. The van der Waals surface area contributed by atoms with Crippen molar-refractivity contribution < 1.29 is 18.7 Å². The molecule has 0 saturated carbocycles. The van der Waals surface area contributed by atoms with Crippen molar-refractivity contribution in [3.05, 3.63) is 71.5 Å². The van der Waals surface area contributed by atoms with E-state index in [1.165, 1.54) is 12.1 Å². The van der Waals surface area contributed by atoms with Gasteiger partial charge in [-0.05, 0) is 36.1 Å². The summed E-state index contributed by atoms with van der Waals surface area (Å²) >= 11 is 0. The number of rotatable bonds is 9. The summed E-state index contributed by atoms with van der Waals surface area (Å²) in [5, 5.41) is 0. The van der Waals surface area contributed by atoms with E-state index in [1.807, 2.05) is 51.1 Å². The predicted octanol–water partition coefficient (Wildman–Crippen LogP) is 3.07. The van der Waals surface area contributed by atoms with E-state index in [9.17, 15) is 14.0 Å². The molecule has 0 aromatic heterocycles. The topological polar surface area (TPSA) is 53.1 Å². The minimum atomic E-state index is -0.274. The summed E-state index contributed by atoms with van der Waals surface area (Å²) < 4.78 is 19.9. The molecule has 2 aromatic rings. The molecular formula is C26H32FN3O3. The van der Waals surface area contributed by atoms with Gasteiger partial charge in [0.1, 0.15) is 5.82 Å². The average molecular weight is 454 g/mol. The zero-order chi connectivity index (χ0) is 23.0. The summed E-state index contributed by atoms with van der Waals surface area (Å²) in [5.41, 5.74) is 1.93. The minimum Gasteiger partial charge on any atom is -0.370 e. The van der Waals surface area contributed by atoms with Crippen LogP contribution in [0.1, 0.15) is 30.4 Å². The summed E-state index contributed by atoms with van der Waals surface area (Å²) in [6.07, 6.45) is 2.16. The Labute approximate surface area is 194 Å². The van der Waals surface area contributed by atoms with Gasteiger partial charge in [-0.25, -0.2) is 4.39 Å². The second kappa shape index (κ2) is 11.4. The van der Waals surface area contributed by atoms with Crippen molar-refractivity contribution in [3.63, 3.8) is 0 Å². The summed E-state index contributed by atoms with van der Waals surface area (Å²) in [7, 11) is 0. The fourth-order valence-corrected chi connectivity index (χ4v) is 4.57. The van der Waals surface area contributed by atoms with Crippen LogP contribution in [0.15, 0.2) is 54.6 Å². The Morgan fingerprint density at radius 1 is 0.909 bits per heavy atom. The Bertz CT molecular complexity index is 939. The van der Waals surface area contributed by atoms with E-state index >= 15 is 0 Å². The number of halogens is 1. The largest absolute Gasteiger partial charge is 0.370 e. The van der Waals surface area contributed by atoms with Crippen molar-refractivity contribution in [2.24, 2.45) is 0 Å². The lowest BCUT2D eigenvalue weighted by Gasteiger charge is -2.26. The summed E-state index contributed by atoms with van der Waals surface area (Å²) in [4.78, 5) is 30.7. The Hall–Kier alpha value is -2.77. The van der Waals surface area contributed by atoms with E-state index in [0.29, 0.717) is 45.8 Å². The van der Waals surface area contributed by atoms with Gasteiger partial charge in [0.05, 0.1) is 19.3 Å². The zero-order valence-electron chi connectivity index (χ0n) is 19.0. The maximum Gasteiger partial charge on any atom is 0.236 e. The molecule has 2 saturated heterocycles. The smallest absolute Gasteiger partial charge is 0.236 e. The van der Waals surface area contributed by atoms with Crippen LogP contribution in [0.4, 0.5) is 4.39 Å². The van der Waals surface area contributed by atoms with Crippen LogP contribution in [0.5, 0.6) is 0 Å². The van der Waals surface area contributed by atoms with Crippen LogP contribution in [0.2, 0.25) is 0 Å². The van der Waals surface area contributed by atoms with Crippen molar-refractivity contribution in [1.29, 1.82) is 0 Å². The van der Waals surface area contributed by atoms with E-state index < -0.39 is 0 Å². The van der Waals surface area contributed by atoms with Crippen LogP contribution in [0.25, 0.3) is 0 Å². The SMILES string of the molecule is O=C1CCCN1CCCN1C[C@H](OCc2ccccc2)CN(Cc2cccc(F)c2)CC1=O. The number of nitrogens with zero attached hydrogens (tertiary/aromatic N) is 3. The number of carbonyl (C=O) groups is 2. The molecule has 2 amide bonds. The number of ether oxygens (including phenoxy) is 1. The third kappa shape index (κ3) is 6.85. The molecule has 1 atom stereocenters. The molecule has 0 unspecified atom stereocenters. The van der Waals surface area contributed by atoms with Gasteiger partial charge in [-0.3, -0.25) is 14.5 Å². The maximum absolute atomic E-state index is 13.7. The van der Waals surface area contributed by atoms with Gasteiger partial charge >= 0.3 is 0 Å². The molecule has 2 fully saturated rings. The Morgan fingerprint density at radius 2 is 1.70 bits per heavy atom. The van der Waals surface area contributed by atoms with Gasteiger partial charge < -0.3 is 14.5 Å². The highest BCUT2D eigenvalue weighted by Crippen LogP contribution is 2.16. The monoisotopic (exact) mass is 453 g/mol. The number of hydrogen-bond acceptors (Lipinski definition) is 4. The van der Waals surface area contributed by atoms with Crippen molar-refractivity contribution in [1.82, 2.24) is 14.7 Å². The molecule has 176 valence electrons. The molecule has 2 aromatic carbocycles. The molecule has 7 heteroatoms. The lowest BCUT2D eigenvalue weighted by Crippen LogP contribution is -2.39. The van der Waals surface area contributed by atoms with Crippen LogP contribution in [-0.2, 0) is 27.5 Å². The molecule has 0 spiro atoms. The second-order valence-corrected chi connectivity index (χ2v) is 8.90. The van der Waals surface area contributed by atoms with Crippen molar-refractivity contribution >= 4 is 11.8 Å². The normalized spacial score (nSPS) is 19.8. The van der Waals surface area contributed by atoms with Gasteiger partial charge in [-0.1, -0.05) is 42.5 Å². The Morgan fingerprint density at radius 3 is 2.45 bits per heavy atom. The van der Waals surface area contributed by atoms with Gasteiger partial charge in [-0.15, -0.1) is 0 Å². The van der Waals surface area contributed by atoms with Gasteiger partial charge in [-0.2, -0.15) is 0 Å². The number of amides is 2. The molecule has 6 nitrogen and oxygen atoms in total. The molecule has 2 aliphatic heterocycles. The fourth-order valence-electron chi connectivity index (χ4n) is 4.57. The average Bonchev–Trinajstić information content (AvgIpc) is 3.15. The van der Waals surface area contributed by atoms with E-state index in [1.54, 1.807) is 6.07 Å². The highest BCUT2D eigenvalue weighted by molar-refractivity contribution is 5.79. The van der Waals surface area contributed by atoms with Crippen LogP contribution < -0.4 is 0 Å². The van der Waals surface area contributed by atoms with Gasteiger partial charge in [0.25, 0.3) is 0 Å². The third-order valence-electron chi connectivity index (χ3n) is 6.25. The molecule has 2 heterocycles. The van der Waals surface area contributed by atoms with E-state index in [4.69, 9.17) is 4.74 Å². The molecule has 0 N–H and O–H groups in total. The van der Waals surface area contributed by atoms with Crippen LogP contribution in [-0.4, -0.2) is 71.9 Å². The molecular weight excluding hydrogens is 421 g/mol. The number of benzene rings is 2. The predicted molar refractivity (Wildman–Crippen MR) is 124 cm³/mol. The van der Waals surface area contributed by atoms with Crippen LogP contribution in [0, 0.1) is 5.82 Å². The first kappa shape index (κ1) is 23.4. The molecule has 33 heavy (non-hydrogen) atoms. The van der Waals surface area contributed by atoms with E-state index in [2.05, 4.69) is 0 Å². The number of hydrogen-bond donors (Lipinski definition) is 0. The molecule has 4 rings (SSSR count).